The number of hydrogen-bond donors (Lipinski definition) is 2. The second-order valence-corrected chi connectivity index (χ2v) is 6.31. The summed E-state index contributed by atoms with van der Waals surface area (Å²) in [6.45, 7) is 6.04. The van der Waals surface area contributed by atoms with Crippen molar-refractivity contribution in [3.63, 3.8) is 0 Å². The highest BCUT2D eigenvalue weighted by Crippen LogP contribution is 2.25. The van der Waals surface area contributed by atoms with Crippen LogP contribution >= 0.6 is 0 Å². The molecule has 0 aromatic rings. The SMILES string of the molecule is CC1(C(=O)N2CCC(N3CCNC3=O)CC2)CCCN1. The van der Waals surface area contributed by atoms with Crippen molar-refractivity contribution >= 4 is 11.9 Å². The van der Waals surface area contributed by atoms with Gasteiger partial charge in [0.05, 0.1) is 5.54 Å². The van der Waals surface area contributed by atoms with E-state index in [2.05, 4.69) is 10.6 Å². The Morgan fingerprint density at radius 3 is 2.55 bits per heavy atom. The first kappa shape index (κ1) is 13.7. The topological polar surface area (TPSA) is 64.7 Å². The van der Waals surface area contributed by atoms with Crippen molar-refractivity contribution in [2.75, 3.05) is 32.7 Å². The average Bonchev–Trinajstić information content (AvgIpc) is 3.08. The third-order valence-electron chi connectivity index (χ3n) is 4.92. The second kappa shape index (κ2) is 5.24. The van der Waals surface area contributed by atoms with Gasteiger partial charge in [0.15, 0.2) is 0 Å². The van der Waals surface area contributed by atoms with Crippen LogP contribution in [0.1, 0.15) is 32.6 Å². The van der Waals surface area contributed by atoms with Crippen LogP contribution in [0.4, 0.5) is 4.79 Å². The van der Waals surface area contributed by atoms with E-state index in [1.54, 1.807) is 0 Å². The largest absolute Gasteiger partial charge is 0.341 e. The maximum Gasteiger partial charge on any atom is 0.317 e. The number of nitrogens with one attached hydrogen (secondary N) is 2. The zero-order valence-corrected chi connectivity index (χ0v) is 12.2. The van der Waals surface area contributed by atoms with Gasteiger partial charge in [-0.3, -0.25) is 4.79 Å². The van der Waals surface area contributed by atoms with Crippen LogP contribution in [0.2, 0.25) is 0 Å². The van der Waals surface area contributed by atoms with Crippen LogP contribution in [-0.4, -0.2) is 66.0 Å². The smallest absolute Gasteiger partial charge is 0.317 e. The summed E-state index contributed by atoms with van der Waals surface area (Å²) in [5.41, 5.74) is -0.363. The summed E-state index contributed by atoms with van der Waals surface area (Å²) in [5.74, 6) is 0.235. The van der Waals surface area contributed by atoms with E-state index in [-0.39, 0.29) is 17.5 Å². The lowest BCUT2D eigenvalue weighted by Crippen LogP contribution is -2.56. The molecule has 0 saturated carbocycles. The predicted octanol–water partition coefficient (Wildman–Crippen LogP) is 0.145. The summed E-state index contributed by atoms with van der Waals surface area (Å²) in [6.07, 6.45) is 3.80. The van der Waals surface area contributed by atoms with Crippen molar-refractivity contribution in [3.8, 4) is 0 Å². The average molecular weight is 280 g/mol. The van der Waals surface area contributed by atoms with Crippen molar-refractivity contribution in [1.82, 2.24) is 20.4 Å². The summed E-state index contributed by atoms with van der Waals surface area (Å²) < 4.78 is 0. The van der Waals surface area contributed by atoms with Crippen molar-refractivity contribution in [2.45, 2.75) is 44.2 Å². The molecule has 6 heteroatoms. The minimum Gasteiger partial charge on any atom is -0.341 e. The van der Waals surface area contributed by atoms with E-state index in [1.807, 2.05) is 16.7 Å². The zero-order chi connectivity index (χ0) is 14.2. The van der Waals surface area contributed by atoms with Gasteiger partial charge in [-0.05, 0) is 39.2 Å². The van der Waals surface area contributed by atoms with Gasteiger partial charge in [-0.25, -0.2) is 4.79 Å². The fraction of sp³-hybridized carbons (Fsp3) is 0.857. The van der Waals surface area contributed by atoms with E-state index < -0.39 is 0 Å². The number of rotatable bonds is 2. The second-order valence-electron chi connectivity index (χ2n) is 6.31. The Morgan fingerprint density at radius 2 is 2.00 bits per heavy atom. The lowest BCUT2D eigenvalue weighted by molar-refractivity contribution is -0.138. The number of amides is 3. The van der Waals surface area contributed by atoms with Gasteiger partial charge < -0.3 is 20.4 Å². The maximum atomic E-state index is 12.6. The molecule has 2 N–H and O–H groups in total. The summed E-state index contributed by atoms with van der Waals surface area (Å²) in [6, 6.07) is 0.352. The molecule has 0 spiro atoms. The zero-order valence-electron chi connectivity index (χ0n) is 12.2. The molecule has 0 aliphatic carbocycles. The minimum absolute atomic E-state index is 0.0548. The minimum atomic E-state index is -0.363. The molecule has 1 atom stereocenters. The Kier molecular flexibility index (Phi) is 3.58. The van der Waals surface area contributed by atoms with E-state index in [1.165, 1.54) is 0 Å². The van der Waals surface area contributed by atoms with Crippen LogP contribution in [0.25, 0.3) is 0 Å². The molecule has 3 amide bonds. The summed E-state index contributed by atoms with van der Waals surface area (Å²) >= 11 is 0. The number of nitrogens with zero attached hydrogens (tertiary/aromatic N) is 2. The molecular formula is C14H24N4O2. The Morgan fingerprint density at radius 1 is 1.25 bits per heavy atom. The number of carbonyl (C=O) groups excluding carboxylic acids is 2. The predicted molar refractivity (Wildman–Crippen MR) is 75.3 cm³/mol. The van der Waals surface area contributed by atoms with Crippen molar-refractivity contribution in [3.05, 3.63) is 0 Å². The fourth-order valence-corrected chi connectivity index (χ4v) is 3.64. The standard InChI is InChI=1S/C14H24N4O2/c1-14(5-2-6-16-14)12(19)17-8-3-11(4-9-17)18-10-7-15-13(18)20/h11,16H,2-10H2,1H3,(H,15,20). The fourth-order valence-electron chi connectivity index (χ4n) is 3.64. The van der Waals surface area contributed by atoms with Gasteiger partial charge >= 0.3 is 6.03 Å². The van der Waals surface area contributed by atoms with E-state index in [9.17, 15) is 9.59 Å². The normalized spacial score (nSPS) is 31.8. The number of piperidine rings is 1. The molecule has 1 unspecified atom stereocenters. The summed E-state index contributed by atoms with van der Waals surface area (Å²) in [5, 5.41) is 6.19. The third kappa shape index (κ3) is 2.37. The van der Waals surface area contributed by atoms with Gasteiger partial charge in [-0.15, -0.1) is 0 Å². The van der Waals surface area contributed by atoms with E-state index in [4.69, 9.17) is 0 Å². The first-order valence-corrected chi connectivity index (χ1v) is 7.69. The lowest BCUT2D eigenvalue weighted by Gasteiger charge is -2.39. The molecule has 112 valence electrons. The first-order chi connectivity index (χ1) is 9.60. The monoisotopic (exact) mass is 280 g/mol. The molecule has 0 bridgehead atoms. The van der Waals surface area contributed by atoms with E-state index in [0.717, 1.165) is 58.4 Å². The number of carbonyl (C=O) groups is 2. The van der Waals surface area contributed by atoms with Crippen LogP contribution in [0.3, 0.4) is 0 Å². The molecule has 0 radical (unpaired) electrons. The van der Waals surface area contributed by atoms with Gasteiger partial charge in [0.25, 0.3) is 0 Å². The van der Waals surface area contributed by atoms with Gasteiger partial charge in [0.1, 0.15) is 0 Å². The van der Waals surface area contributed by atoms with E-state index in [0.29, 0.717) is 6.04 Å². The van der Waals surface area contributed by atoms with Gasteiger partial charge in [-0.2, -0.15) is 0 Å². The van der Waals surface area contributed by atoms with Gasteiger partial charge in [-0.1, -0.05) is 0 Å². The van der Waals surface area contributed by atoms with Crippen LogP contribution in [0.5, 0.6) is 0 Å². The molecule has 3 aliphatic rings. The maximum absolute atomic E-state index is 12.6. The van der Waals surface area contributed by atoms with Crippen LogP contribution in [-0.2, 0) is 4.79 Å². The molecule has 3 rings (SSSR count). The highest BCUT2D eigenvalue weighted by Gasteiger charge is 2.40. The number of urea groups is 1. The van der Waals surface area contributed by atoms with Gasteiger partial charge in [0, 0.05) is 32.2 Å². The molecule has 0 aromatic heterocycles. The molecule has 0 aromatic carbocycles. The summed E-state index contributed by atoms with van der Waals surface area (Å²) in [4.78, 5) is 28.2. The molecule has 3 saturated heterocycles. The molecule has 20 heavy (non-hydrogen) atoms. The van der Waals surface area contributed by atoms with Crippen molar-refractivity contribution in [1.29, 1.82) is 0 Å². The van der Waals surface area contributed by atoms with Crippen molar-refractivity contribution < 1.29 is 9.59 Å². The summed E-state index contributed by atoms with van der Waals surface area (Å²) in [7, 11) is 0. The highest BCUT2D eigenvalue weighted by atomic mass is 16.2. The molecule has 3 aliphatic heterocycles. The molecule has 3 fully saturated rings. The quantitative estimate of drug-likeness (QED) is 0.756. The number of hydrogen-bond acceptors (Lipinski definition) is 3. The molecule has 3 heterocycles. The third-order valence-corrected chi connectivity index (χ3v) is 4.92. The first-order valence-electron chi connectivity index (χ1n) is 7.69. The van der Waals surface area contributed by atoms with Crippen molar-refractivity contribution in [2.24, 2.45) is 0 Å². The number of likely N-dealkylation sites (tertiary alicyclic amines) is 1. The molecule has 6 nitrogen and oxygen atoms in total. The lowest BCUT2D eigenvalue weighted by atomic mass is 9.95. The van der Waals surface area contributed by atoms with Crippen LogP contribution < -0.4 is 10.6 Å². The Labute approximate surface area is 119 Å². The van der Waals surface area contributed by atoms with Crippen LogP contribution in [0.15, 0.2) is 0 Å². The van der Waals surface area contributed by atoms with Gasteiger partial charge in [0.2, 0.25) is 5.91 Å². The van der Waals surface area contributed by atoms with Crippen LogP contribution in [0, 0.1) is 0 Å². The Bertz CT molecular complexity index is 398. The van der Waals surface area contributed by atoms with E-state index >= 15 is 0 Å². The molecular weight excluding hydrogens is 256 g/mol. The highest BCUT2D eigenvalue weighted by molar-refractivity contribution is 5.86. The Hall–Kier alpha value is -1.30. The Balaban J connectivity index is 1.55.